The van der Waals surface area contributed by atoms with Crippen molar-refractivity contribution in [2.45, 2.75) is 0 Å². The van der Waals surface area contributed by atoms with E-state index in [1.54, 1.807) is 0 Å². The molecule has 0 saturated carbocycles. The van der Waals surface area contributed by atoms with E-state index in [1.807, 2.05) is 0 Å². The summed E-state index contributed by atoms with van der Waals surface area (Å²) < 4.78 is 1.08. The molecule has 0 unspecified atom stereocenters. The highest BCUT2D eigenvalue weighted by atomic mass is 79.9. The van der Waals surface area contributed by atoms with E-state index in [0.717, 1.165) is 21.5 Å². The first-order valence-electron chi connectivity index (χ1n) is 13.5. The second-order valence-electron chi connectivity index (χ2n) is 9.96. The molecule has 0 aromatic heterocycles. The smallest absolute Gasteiger partial charge is 0.0546 e. The third kappa shape index (κ3) is 4.57. The molecule has 0 aliphatic carbocycles. The van der Waals surface area contributed by atoms with Crippen molar-refractivity contribution >= 4 is 54.5 Å². The summed E-state index contributed by atoms with van der Waals surface area (Å²) in [6.07, 6.45) is 0. The van der Waals surface area contributed by atoms with Crippen LogP contribution in [-0.2, 0) is 0 Å². The Morgan fingerprint density at radius 2 is 0.825 bits per heavy atom. The molecule has 0 saturated heterocycles. The Bertz CT molecular complexity index is 1920. The van der Waals surface area contributed by atoms with Gasteiger partial charge < -0.3 is 4.90 Å². The van der Waals surface area contributed by atoms with Gasteiger partial charge in [0.1, 0.15) is 0 Å². The lowest BCUT2D eigenvalue weighted by Crippen LogP contribution is -2.10. The minimum atomic E-state index is 1.08. The first-order valence-corrected chi connectivity index (χ1v) is 14.3. The molecule has 0 spiro atoms. The number of anilines is 3. The summed E-state index contributed by atoms with van der Waals surface area (Å²) in [4.78, 5) is 2.38. The Morgan fingerprint density at radius 1 is 0.375 bits per heavy atom. The summed E-state index contributed by atoms with van der Waals surface area (Å²) in [5.74, 6) is 0. The van der Waals surface area contributed by atoms with Gasteiger partial charge >= 0.3 is 0 Å². The summed E-state index contributed by atoms with van der Waals surface area (Å²) in [7, 11) is 0. The van der Waals surface area contributed by atoms with Crippen molar-refractivity contribution in [1.82, 2.24) is 0 Å². The fraction of sp³-hybridized carbons (Fsp3) is 0. The van der Waals surface area contributed by atoms with Crippen molar-refractivity contribution in [3.8, 4) is 22.3 Å². The molecule has 0 bridgehead atoms. The maximum Gasteiger partial charge on any atom is 0.0546 e. The summed E-state index contributed by atoms with van der Waals surface area (Å²) in [6.45, 7) is 0. The minimum absolute atomic E-state index is 1.08. The molecular weight excluding hydrogens is 550 g/mol. The fourth-order valence-corrected chi connectivity index (χ4v) is 5.79. The molecule has 0 heterocycles. The van der Waals surface area contributed by atoms with Crippen LogP contribution in [0.1, 0.15) is 0 Å². The maximum atomic E-state index is 3.55. The Balaban J connectivity index is 1.41. The zero-order valence-electron chi connectivity index (χ0n) is 21.8. The standard InChI is InChI=1S/C38H26BrN/c39-32-20-14-28(15-21-32)30-18-24-34(25-19-30)40(33-22-16-29(17-23-33)27-8-2-1-3-9-27)38-26-31-10-4-5-11-35(31)36-12-6-7-13-37(36)38/h1-26H. The van der Waals surface area contributed by atoms with E-state index < -0.39 is 0 Å². The molecule has 40 heavy (non-hydrogen) atoms. The maximum absolute atomic E-state index is 3.55. The predicted molar refractivity (Wildman–Crippen MR) is 175 cm³/mol. The topological polar surface area (TPSA) is 3.24 Å². The number of fused-ring (bicyclic) bond motifs is 3. The van der Waals surface area contributed by atoms with Crippen molar-refractivity contribution in [1.29, 1.82) is 0 Å². The van der Waals surface area contributed by atoms with Gasteiger partial charge in [-0.25, -0.2) is 0 Å². The van der Waals surface area contributed by atoms with Crippen LogP contribution in [0.4, 0.5) is 17.1 Å². The Hall–Kier alpha value is -4.66. The fourth-order valence-electron chi connectivity index (χ4n) is 5.53. The molecular formula is C38H26BrN. The van der Waals surface area contributed by atoms with Crippen LogP contribution >= 0.6 is 15.9 Å². The summed E-state index contributed by atoms with van der Waals surface area (Å²) in [5, 5.41) is 4.98. The van der Waals surface area contributed by atoms with E-state index in [0.29, 0.717) is 0 Å². The van der Waals surface area contributed by atoms with E-state index in [-0.39, 0.29) is 0 Å². The van der Waals surface area contributed by atoms with E-state index in [9.17, 15) is 0 Å². The number of nitrogens with zero attached hydrogens (tertiary/aromatic N) is 1. The normalized spacial score (nSPS) is 11.1. The molecule has 0 fully saturated rings. The molecule has 7 aromatic carbocycles. The van der Waals surface area contributed by atoms with Gasteiger partial charge in [0, 0.05) is 21.2 Å². The van der Waals surface area contributed by atoms with Gasteiger partial charge in [-0.1, -0.05) is 131 Å². The Kier molecular flexibility index (Phi) is 6.39. The van der Waals surface area contributed by atoms with Gasteiger partial charge in [-0.15, -0.1) is 0 Å². The lowest BCUT2D eigenvalue weighted by atomic mass is 9.98. The highest BCUT2D eigenvalue weighted by Gasteiger charge is 2.17. The monoisotopic (exact) mass is 575 g/mol. The number of hydrogen-bond acceptors (Lipinski definition) is 1. The lowest BCUT2D eigenvalue weighted by Gasteiger charge is -2.28. The van der Waals surface area contributed by atoms with E-state index in [1.165, 1.54) is 43.8 Å². The molecule has 0 aliphatic heterocycles. The second kappa shape index (κ2) is 10.5. The van der Waals surface area contributed by atoms with Crippen molar-refractivity contribution in [2.75, 3.05) is 4.90 Å². The number of benzene rings is 7. The van der Waals surface area contributed by atoms with Gasteiger partial charge in [-0.2, -0.15) is 0 Å². The van der Waals surface area contributed by atoms with Gasteiger partial charge in [0.15, 0.2) is 0 Å². The van der Waals surface area contributed by atoms with Crippen molar-refractivity contribution in [3.05, 3.63) is 162 Å². The molecule has 0 atom stereocenters. The number of halogens is 1. The zero-order valence-corrected chi connectivity index (χ0v) is 23.4. The molecule has 7 aromatic rings. The highest BCUT2D eigenvalue weighted by Crippen LogP contribution is 2.42. The van der Waals surface area contributed by atoms with Crippen molar-refractivity contribution in [2.24, 2.45) is 0 Å². The predicted octanol–water partition coefficient (Wildman–Crippen LogP) is 11.6. The van der Waals surface area contributed by atoms with Gasteiger partial charge in [0.2, 0.25) is 0 Å². The van der Waals surface area contributed by atoms with Crippen LogP contribution in [0, 0.1) is 0 Å². The molecule has 0 amide bonds. The zero-order chi connectivity index (χ0) is 26.9. The summed E-state index contributed by atoms with van der Waals surface area (Å²) in [6, 6.07) is 56.5. The van der Waals surface area contributed by atoms with Gasteiger partial charge in [0.05, 0.1) is 5.69 Å². The van der Waals surface area contributed by atoms with Crippen LogP contribution < -0.4 is 4.90 Å². The molecule has 0 N–H and O–H groups in total. The van der Waals surface area contributed by atoms with Crippen molar-refractivity contribution < 1.29 is 0 Å². The van der Waals surface area contributed by atoms with Gasteiger partial charge in [0.25, 0.3) is 0 Å². The van der Waals surface area contributed by atoms with Crippen LogP contribution in [0.25, 0.3) is 43.8 Å². The molecule has 190 valence electrons. The lowest BCUT2D eigenvalue weighted by molar-refractivity contribution is 1.30. The van der Waals surface area contributed by atoms with Crippen molar-refractivity contribution in [3.63, 3.8) is 0 Å². The quantitative estimate of drug-likeness (QED) is 0.184. The average Bonchev–Trinajstić information content (AvgIpc) is 3.03. The average molecular weight is 577 g/mol. The van der Waals surface area contributed by atoms with Gasteiger partial charge in [-0.3, -0.25) is 0 Å². The molecule has 0 aliphatic rings. The molecule has 7 rings (SSSR count). The third-order valence-corrected chi connectivity index (χ3v) is 8.05. The Morgan fingerprint density at radius 3 is 1.43 bits per heavy atom. The highest BCUT2D eigenvalue weighted by molar-refractivity contribution is 9.10. The SMILES string of the molecule is Brc1ccc(-c2ccc(N(c3ccc(-c4ccccc4)cc3)c3cc4ccccc4c4ccccc34)cc2)cc1. The van der Waals surface area contributed by atoms with E-state index in [2.05, 4.69) is 179 Å². The van der Waals surface area contributed by atoms with Crippen LogP contribution in [-0.4, -0.2) is 0 Å². The molecule has 2 heteroatoms. The first-order chi connectivity index (χ1) is 19.7. The van der Waals surface area contributed by atoms with E-state index >= 15 is 0 Å². The third-order valence-electron chi connectivity index (χ3n) is 7.52. The van der Waals surface area contributed by atoms with Crippen LogP contribution in [0.15, 0.2) is 162 Å². The van der Waals surface area contributed by atoms with Crippen LogP contribution in [0.5, 0.6) is 0 Å². The van der Waals surface area contributed by atoms with Gasteiger partial charge in [-0.05, 0) is 80.9 Å². The number of rotatable bonds is 5. The minimum Gasteiger partial charge on any atom is -0.310 e. The summed E-state index contributed by atoms with van der Waals surface area (Å²) >= 11 is 3.55. The summed E-state index contributed by atoms with van der Waals surface area (Å²) in [5.41, 5.74) is 8.22. The molecule has 1 nitrogen and oxygen atoms in total. The largest absolute Gasteiger partial charge is 0.310 e. The van der Waals surface area contributed by atoms with Crippen LogP contribution in [0.3, 0.4) is 0 Å². The first kappa shape index (κ1) is 24.4. The second-order valence-corrected chi connectivity index (χ2v) is 10.9. The molecule has 0 radical (unpaired) electrons. The van der Waals surface area contributed by atoms with Crippen LogP contribution in [0.2, 0.25) is 0 Å². The number of hydrogen-bond donors (Lipinski definition) is 0. The van der Waals surface area contributed by atoms with E-state index in [4.69, 9.17) is 0 Å². The Labute approximate surface area is 243 Å².